The average Bonchev–Trinajstić information content (AvgIpc) is 2.61. The third-order valence-corrected chi connectivity index (χ3v) is 4.09. The Morgan fingerprint density at radius 2 is 1.50 bits per heavy atom. The van der Waals surface area contributed by atoms with E-state index >= 15 is 0 Å². The van der Waals surface area contributed by atoms with Crippen molar-refractivity contribution in [1.29, 1.82) is 0 Å². The van der Waals surface area contributed by atoms with Gasteiger partial charge < -0.3 is 19.3 Å². The number of ether oxygens (including phenoxy) is 3. The van der Waals surface area contributed by atoms with Crippen molar-refractivity contribution in [3.05, 3.63) is 17.7 Å². The molecule has 0 spiro atoms. The van der Waals surface area contributed by atoms with E-state index in [4.69, 9.17) is 19.3 Å². The molecule has 1 N–H and O–H groups in total. The number of nitrogens with zero attached hydrogens (tertiary/aromatic N) is 1. The third-order valence-electron chi connectivity index (χ3n) is 4.09. The van der Waals surface area contributed by atoms with E-state index in [1.54, 1.807) is 21.3 Å². The Balaban J connectivity index is 2.83. The van der Waals surface area contributed by atoms with Gasteiger partial charge in [0.2, 0.25) is 5.75 Å². The molecule has 5 nitrogen and oxygen atoms in total. The molecule has 0 amide bonds. The summed E-state index contributed by atoms with van der Waals surface area (Å²) in [5.74, 6) is 1.98. The summed E-state index contributed by atoms with van der Waals surface area (Å²) in [5, 5.41) is 9.14. The number of aliphatic hydroxyl groups excluding tert-OH is 1. The van der Waals surface area contributed by atoms with Crippen molar-refractivity contribution < 1.29 is 19.3 Å². The number of rotatable bonds is 13. The average molecular weight is 339 g/mol. The van der Waals surface area contributed by atoms with Gasteiger partial charge in [0.15, 0.2) is 11.5 Å². The standard InChI is InChI=1S/C19H33NO4/c1-5-6-7-8-10-20(11-9-12-21)15-16-13-17(22-2)19(24-4)18(14-16)23-3/h13-14,21H,5-12,15H2,1-4H3. The van der Waals surface area contributed by atoms with Crippen LogP contribution in [0.25, 0.3) is 0 Å². The molecule has 0 bridgehead atoms. The van der Waals surface area contributed by atoms with Crippen LogP contribution < -0.4 is 14.2 Å². The summed E-state index contributed by atoms with van der Waals surface area (Å²) >= 11 is 0. The molecule has 1 aromatic rings. The van der Waals surface area contributed by atoms with Crippen molar-refractivity contribution in [2.45, 2.75) is 45.6 Å². The van der Waals surface area contributed by atoms with Crippen LogP contribution in [0.5, 0.6) is 17.2 Å². The zero-order valence-corrected chi connectivity index (χ0v) is 15.6. The van der Waals surface area contributed by atoms with Gasteiger partial charge in [0, 0.05) is 19.7 Å². The van der Waals surface area contributed by atoms with Gasteiger partial charge in [-0.3, -0.25) is 4.90 Å². The first kappa shape index (κ1) is 20.6. The van der Waals surface area contributed by atoms with Crippen LogP contribution in [0.1, 0.15) is 44.6 Å². The fourth-order valence-electron chi connectivity index (χ4n) is 2.81. The molecule has 0 aliphatic heterocycles. The van der Waals surface area contributed by atoms with E-state index in [1.807, 2.05) is 12.1 Å². The largest absolute Gasteiger partial charge is 0.493 e. The maximum absolute atomic E-state index is 9.14. The molecule has 1 rings (SSSR count). The zero-order chi connectivity index (χ0) is 17.8. The van der Waals surface area contributed by atoms with Crippen LogP contribution in [0, 0.1) is 0 Å². The first-order valence-corrected chi connectivity index (χ1v) is 8.82. The maximum Gasteiger partial charge on any atom is 0.203 e. The summed E-state index contributed by atoms with van der Waals surface area (Å²) < 4.78 is 16.2. The summed E-state index contributed by atoms with van der Waals surface area (Å²) in [6.07, 6.45) is 5.74. The fraction of sp³-hybridized carbons (Fsp3) is 0.684. The van der Waals surface area contributed by atoms with Gasteiger partial charge in [0.1, 0.15) is 0 Å². The second kappa shape index (κ2) is 12.0. The molecule has 0 radical (unpaired) electrons. The molecule has 0 unspecified atom stereocenters. The predicted octanol–water partition coefficient (Wildman–Crippen LogP) is 3.48. The van der Waals surface area contributed by atoms with Crippen LogP contribution in [0.2, 0.25) is 0 Å². The number of hydrogen-bond acceptors (Lipinski definition) is 5. The predicted molar refractivity (Wildman–Crippen MR) is 97.2 cm³/mol. The smallest absolute Gasteiger partial charge is 0.203 e. The van der Waals surface area contributed by atoms with Crippen LogP contribution in [0.3, 0.4) is 0 Å². The topological polar surface area (TPSA) is 51.2 Å². The SMILES string of the molecule is CCCCCCN(CCCO)Cc1cc(OC)c(OC)c(OC)c1. The van der Waals surface area contributed by atoms with E-state index in [2.05, 4.69) is 11.8 Å². The van der Waals surface area contributed by atoms with Gasteiger partial charge in [-0.15, -0.1) is 0 Å². The lowest BCUT2D eigenvalue weighted by atomic mass is 10.1. The van der Waals surface area contributed by atoms with Gasteiger partial charge in [-0.2, -0.15) is 0 Å². The lowest BCUT2D eigenvalue weighted by Gasteiger charge is -2.23. The molecule has 0 saturated carbocycles. The Morgan fingerprint density at radius 1 is 0.875 bits per heavy atom. The molecule has 0 atom stereocenters. The Kier molecular flexibility index (Phi) is 10.3. The molecular formula is C19H33NO4. The lowest BCUT2D eigenvalue weighted by Crippen LogP contribution is -2.26. The molecule has 0 fully saturated rings. The molecule has 0 aliphatic rings. The molecule has 1 aromatic carbocycles. The Morgan fingerprint density at radius 3 is 2.00 bits per heavy atom. The highest BCUT2D eigenvalue weighted by Crippen LogP contribution is 2.38. The van der Waals surface area contributed by atoms with Crippen molar-refractivity contribution >= 4 is 0 Å². The van der Waals surface area contributed by atoms with Crippen molar-refractivity contribution in [1.82, 2.24) is 4.90 Å². The summed E-state index contributed by atoms with van der Waals surface area (Å²) in [6.45, 7) is 5.18. The minimum absolute atomic E-state index is 0.223. The molecule has 5 heteroatoms. The quantitative estimate of drug-likeness (QED) is 0.558. The number of methoxy groups -OCH3 is 3. The molecular weight excluding hydrogens is 306 g/mol. The Hall–Kier alpha value is -1.46. The number of unbranched alkanes of at least 4 members (excludes halogenated alkanes) is 3. The summed E-state index contributed by atoms with van der Waals surface area (Å²) in [6, 6.07) is 4.00. The summed E-state index contributed by atoms with van der Waals surface area (Å²) in [5.41, 5.74) is 1.12. The Labute approximate surface area is 146 Å². The van der Waals surface area contributed by atoms with Gasteiger partial charge >= 0.3 is 0 Å². The Bertz CT molecular complexity index is 440. The van der Waals surface area contributed by atoms with Gasteiger partial charge in [-0.25, -0.2) is 0 Å². The van der Waals surface area contributed by atoms with E-state index in [9.17, 15) is 0 Å². The first-order valence-electron chi connectivity index (χ1n) is 8.82. The van der Waals surface area contributed by atoms with Crippen LogP contribution >= 0.6 is 0 Å². The van der Waals surface area contributed by atoms with Crippen molar-refractivity contribution in [2.75, 3.05) is 41.0 Å². The second-order valence-corrected chi connectivity index (χ2v) is 5.95. The van der Waals surface area contributed by atoms with Crippen LogP contribution in [0.15, 0.2) is 12.1 Å². The van der Waals surface area contributed by atoms with E-state index in [0.717, 1.165) is 31.6 Å². The first-order chi connectivity index (χ1) is 11.7. The van der Waals surface area contributed by atoms with Gasteiger partial charge in [0.05, 0.1) is 21.3 Å². The summed E-state index contributed by atoms with van der Waals surface area (Å²) in [4.78, 5) is 2.38. The van der Waals surface area contributed by atoms with E-state index in [1.165, 1.54) is 25.7 Å². The highest BCUT2D eigenvalue weighted by atomic mass is 16.5. The summed E-state index contributed by atoms with van der Waals surface area (Å²) in [7, 11) is 4.88. The van der Waals surface area contributed by atoms with Gasteiger partial charge in [0.25, 0.3) is 0 Å². The van der Waals surface area contributed by atoms with Crippen LogP contribution in [-0.2, 0) is 6.54 Å². The van der Waals surface area contributed by atoms with Crippen LogP contribution in [-0.4, -0.2) is 51.0 Å². The fourth-order valence-corrected chi connectivity index (χ4v) is 2.81. The highest BCUT2D eigenvalue weighted by Gasteiger charge is 2.15. The van der Waals surface area contributed by atoms with Gasteiger partial charge in [-0.05, 0) is 37.1 Å². The molecule has 138 valence electrons. The third kappa shape index (κ3) is 6.57. The second-order valence-electron chi connectivity index (χ2n) is 5.95. The molecule has 0 aliphatic carbocycles. The van der Waals surface area contributed by atoms with E-state index < -0.39 is 0 Å². The molecule has 0 saturated heterocycles. The van der Waals surface area contributed by atoms with E-state index in [-0.39, 0.29) is 6.61 Å². The molecule has 0 aromatic heterocycles. The van der Waals surface area contributed by atoms with Crippen molar-refractivity contribution in [3.8, 4) is 17.2 Å². The highest BCUT2D eigenvalue weighted by molar-refractivity contribution is 5.53. The minimum Gasteiger partial charge on any atom is -0.493 e. The zero-order valence-electron chi connectivity index (χ0n) is 15.6. The monoisotopic (exact) mass is 339 g/mol. The lowest BCUT2D eigenvalue weighted by molar-refractivity contribution is 0.214. The van der Waals surface area contributed by atoms with Crippen molar-refractivity contribution in [3.63, 3.8) is 0 Å². The van der Waals surface area contributed by atoms with E-state index in [0.29, 0.717) is 17.2 Å². The number of aliphatic hydroxyl groups is 1. The van der Waals surface area contributed by atoms with Crippen molar-refractivity contribution in [2.24, 2.45) is 0 Å². The van der Waals surface area contributed by atoms with Gasteiger partial charge in [-0.1, -0.05) is 26.2 Å². The number of hydrogen-bond donors (Lipinski definition) is 1. The molecule has 0 heterocycles. The normalized spacial score (nSPS) is 10.9. The minimum atomic E-state index is 0.223. The number of benzene rings is 1. The van der Waals surface area contributed by atoms with Crippen LogP contribution in [0.4, 0.5) is 0 Å². The molecule has 24 heavy (non-hydrogen) atoms. The maximum atomic E-state index is 9.14.